The molecule has 7 heteroatoms. The Morgan fingerprint density at radius 1 is 1.03 bits per heavy atom. The number of hydrogen-bond donors (Lipinski definition) is 1. The minimum Gasteiger partial charge on any atom is -0.324 e. The molecule has 0 aliphatic heterocycles. The molecule has 0 aliphatic rings. The van der Waals surface area contributed by atoms with Crippen molar-refractivity contribution >= 4 is 44.2 Å². The maximum absolute atomic E-state index is 12.8. The molecule has 0 aliphatic carbocycles. The molecule has 3 rings (SSSR count). The molecular formula is C22H26N4O2S. The van der Waals surface area contributed by atoms with Gasteiger partial charge in [0.15, 0.2) is 5.13 Å². The average Bonchev–Trinajstić information content (AvgIpc) is 3.08. The van der Waals surface area contributed by atoms with E-state index < -0.39 is 0 Å². The van der Waals surface area contributed by atoms with Crippen LogP contribution in [0.4, 0.5) is 10.8 Å². The molecule has 0 unspecified atom stereocenters. The first-order chi connectivity index (χ1) is 13.9. The van der Waals surface area contributed by atoms with Crippen LogP contribution in [0.15, 0.2) is 42.5 Å². The summed E-state index contributed by atoms with van der Waals surface area (Å²) in [5, 5.41) is 3.65. The number of aromatic nitrogens is 1. The number of carbonyl (C=O) groups excluding carboxylic acids is 2. The summed E-state index contributed by atoms with van der Waals surface area (Å²) in [6, 6.07) is 13.7. The van der Waals surface area contributed by atoms with Crippen molar-refractivity contribution in [3.63, 3.8) is 0 Å². The van der Waals surface area contributed by atoms with Gasteiger partial charge in [0.25, 0.3) is 0 Å². The molecule has 0 bridgehead atoms. The topological polar surface area (TPSA) is 65.5 Å². The van der Waals surface area contributed by atoms with E-state index in [0.29, 0.717) is 11.7 Å². The molecule has 1 heterocycles. The highest BCUT2D eigenvalue weighted by Gasteiger charge is 2.20. The van der Waals surface area contributed by atoms with Crippen molar-refractivity contribution in [1.82, 2.24) is 9.88 Å². The summed E-state index contributed by atoms with van der Waals surface area (Å²) in [7, 11) is 1.77. The molecule has 6 nitrogen and oxygen atoms in total. The zero-order chi connectivity index (χ0) is 21.0. The van der Waals surface area contributed by atoms with Crippen molar-refractivity contribution in [2.45, 2.75) is 20.8 Å². The normalized spacial score (nSPS) is 11.1. The van der Waals surface area contributed by atoms with Crippen molar-refractivity contribution in [2.75, 3.05) is 36.9 Å². The van der Waals surface area contributed by atoms with E-state index in [1.54, 1.807) is 16.8 Å². The average molecular weight is 411 g/mol. The van der Waals surface area contributed by atoms with Gasteiger partial charge in [0.05, 0.1) is 23.3 Å². The number of nitrogens with zero attached hydrogens (tertiary/aromatic N) is 3. The lowest BCUT2D eigenvalue weighted by atomic mass is 10.1. The highest BCUT2D eigenvalue weighted by atomic mass is 32.1. The highest BCUT2D eigenvalue weighted by molar-refractivity contribution is 7.22. The van der Waals surface area contributed by atoms with Gasteiger partial charge in [0.2, 0.25) is 11.8 Å². The molecule has 29 heavy (non-hydrogen) atoms. The Hall–Kier alpha value is -2.77. The lowest BCUT2D eigenvalue weighted by Crippen LogP contribution is -2.41. The minimum absolute atomic E-state index is 0.0751. The highest BCUT2D eigenvalue weighted by Crippen LogP contribution is 2.28. The number of rotatable bonds is 7. The third kappa shape index (κ3) is 4.99. The van der Waals surface area contributed by atoms with Crippen LogP contribution in [0.25, 0.3) is 10.2 Å². The summed E-state index contributed by atoms with van der Waals surface area (Å²) in [6.07, 6.45) is 0. The first-order valence-corrected chi connectivity index (χ1v) is 10.4. The lowest BCUT2D eigenvalue weighted by molar-refractivity contribution is -0.121. The van der Waals surface area contributed by atoms with Crippen LogP contribution in [0.2, 0.25) is 0 Å². The number of amides is 2. The van der Waals surface area contributed by atoms with Crippen LogP contribution in [0.1, 0.15) is 18.1 Å². The fourth-order valence-electron chi connectivity index (χ4n) is 3.20. The van der Waals surface area contributed by atoms with E-state index in [1.807, 2.05) is 63.2 Å². The van der Waals surface area contributed by atoms with Gasteiger partial charge >= 0.3 is 0 Å². The molecule has 0 spiro atoms. The zero-order valence-electron chi connectivity index (χ0n) is 17.2. The number of anilines is 2. The van der Waals surface area contributed by atoms with Crippen molar-refractivity contribution in [3.8, 4) is 0 Å². The standard InChI is InChI=1S/C22H26N4O2S/c1-5-26(22-23-17-11-6-7-12-18(17)29-22)20(28)14-25(4)13-19(27)24-21-15(2)9-8-10-16(21)3/h6-12H,5,13-14H2,1-4H3,(H,24,27). The quantitative estimate of drug-likeness (QED) is 0.643. The van der Waals surface area contributed by atoms with E-state index in [-0.39, 0.29) is 24.9 Å². The van der Waals surface area contributed by atoms with Crippen LogP contribution in [0, 0.1) is 13.8 Å². The summed E-state index contributed by atoms with van der Waals surface area (Å²) < 4.78 is 1.05. The maximum atomic E-state index is 12.8. The predicted octanol–water partition coefficient (Wildman–Crippen LogP) is 3.84. The van der Waals surface area contributed by atoms with Crippen LogP contribution in [0.3, 0.4) is 0 Å². The first-order valence-electron chi connectivity index (χ1n) is 9.59. The van der Waals surface area contributed by atoms with Crippen molar-refractivity contribution in [2.24, 2.45) is 0 Å². The van der Waals surface area contributed by atoms with Crippen LogP contribution < -0.4 is 10.2 Å². The van der Waals surface area contributed by atoms with E-state index in [2.05, 4.69) is 10.3 Å². The van der Waals surface area contributed by atoms with Gasteiger partial charge in [-0.1, -0.05) is 41.7 Å². The number of para-hydroxylation sites is 2. The number of hydrogen-bond acceptors (Lipinski definition) is 5. The Balaban J connectivity index is 1.62. The minimum atomic E-state index is -0.138. The largest absolute Gasteiger partial charge is 0.324 e. The molecule has 0 atom stereocenters. The summed E-state index contributed by atoms with van der Waals surface area (Å²) in [6.45, 7) is 6.67. The molecule has 152 valence electrons. The fraction of sp³-hybridized carbons (Fsp3) is 0.318. The molecule has 0 saturated heterocycles. The monoisotopic (exact) mass is 410 g/mol. The maximum Gasteiger partial charge on any atom is 0.242 e. The Morgan fingerprint density at radius 2 is 1.72 bits per heavy atom. The third-order valence-electron chi connectivity index (χ3n) is 4.70. The zero-order valence-corrected chi connectivity index (χ0v) is 18.0. The van der Waals surface area contributed by atoms with E-state index >= 15 is 0 Å². The predicted molar refractivity (Wildman–Crippen MR) is 120 cm³/mol. The molecule has 0 fully saturated rings. The van der Waals surface area contributed by atoms with Gasteiger partial charge in [-0.05, 0) is 51.1 Å². The van der Waals surface area contributed by atoms with Crippen molar-refractivity contribution < 1.29 is 9.59 Å². The molecule has 2 amide bonds. The smallest absolute Gasteiger partial charge is 0.242 e. The van der Waals surface area contributed by atoms with Gasteiger partial charge < -0.3 is 5.32 Å². The summed E-state index contributed by atoms with van der Waals surface area (Å²) >= 11 is 1.50. The molecule has 3 aromatic rings. The van der Waals surface area contributed by atoms with Crippen molar-refractivity contribution in [3.05, 3.63) is 53.6 Å². The summed E-state index contributed by atoms with van der Waals surface area (Å²) in [5.74, 6) is -0.213. The van der Waals surface area contributed by atoms with Gasteiger partial charge in [0, 0.05) is 12.2 Å². The number of benzene rings is 2. The molecule has 1 N–H and O–H groups in total. The van der Waals surface area contributed by atoms with Gasteiger partial charge in [-0.25, -0.2) is 4.98 Å². The summed E-state index contributed by atoms with van der Waals surface area (Å²) in [4.78, 5) is 33.2. The van der Waals surface area contributed by atoms with Crippen LogP contribution in [-0.2, 0) is 9.59 Å². The second kappa shape index (κ2) is 9.15. The second-order valence-electron chi connectivity index (χ2n) is 7.09. The fourth-order valence-corrected chi connectivity index (χ4v) is 4.25. The van der Waals surface area contributed by atoms with Crippen LogP contribution in [-0.4, -0.2) is 48.4 Å². The summed E-state index contributed by atoms with van der Waals surface area (Å²) in [5.41, 5.74) is 3.76. The van der Waals surface area contributed by atoms with Gasteiger partial charge in [-0.3, -0.25) is 19.4 Å². The lowest BCUT2D eigenvalue weighted by Gasteiger charge is -2.22. The Kier molecular flexibility index (Phi) is 6.61. The number of fused-ring (bicyclic) bond motifs is 1. The third-order valence-corrected chi connectivity index (χ3v) is 5.75. The molecule has 0 saturated carbocycles. The Labute approximate surface area is 175 Å². The van der Waals surface area contributed by atoms with E-state index in [1.165, 1.54) is 11.3 Å². The number of carbonyl (C=O) groups is 2. The number of likely N-dealkylation sites (N-methyl/N-ethyl adjacent to an activating group) is 2. The van der Waals surface area contributed by atoms with E-state index in [0.717, 1.165) is 27.0 Å². The molecule has 2 aromatic carbocycles. The van der Waals surface area contributed by atoms with Crippen LogP contribution in [0.5, 0.6) is 0 Å². The SMILES string of the molecule is CCN(C(=O)CN(C)CC(=O)Nc1c(C)cccc1C)c1nc2ccccc2s1. The van der Waals surface area contributed by atoms with Crippen LogP contribution >= 0.6 is 11.3 Å². The van der Waals surface area contributed by atoms with E-state index in [4.69, 9.17) is 0 Å². The number of thiazole rings is 1. The Bertz CT molecular complexity index is 977. The Morgan fingerprint density at radius 3 is 2.38 bits per heavy atom. The number of aryl methyl sites for hydroxylation is 2. The number of nitrogens with one attached hydrogen (secondary N) is 1. The molecule has 0 radical (unpaired) electrons. The molecule has 1 aromatic heterocycles. The van der Waals surface area contributed by atoms with Gasteiger partial charge in [0.1, 0.15) is 0 Å². The van der Waals surface area contributed by atoms with E-state index in [9.17, 15) is 9.59 Å². The molecular weight excluding hydrogens is 384 g/mol. The van der Waals surface area contributed by atoms with Crippen molar-refractivity contribution in [1.29, 1.82) is 0 Å². The first kappa shape index (κ1) is 21.0. The van der Waals surface area contributed by atoms with Gasteiger partial charge in [-0.15, -0.1) is 0 Å². The second-order valence-corrected chi connectivity index (χ2v) is 8.10. The van der Waals surface area contributed by atoms with Gasteiger partial charge in [-0.2, -0.15) is 0 Å².